The number of aryl methyl sites for hydroxylation is 1. The van der Waals surface area contributed by atoms with E-state index in [0.29, 0.717) is 6.04 Å². The number of thioether (sulfide) groups is 1. The smallest absolute Gasteiger partial charge is 0.233 e. The van der Waals surface area contributed by atoms with Gasteiger partial charge in [0, 0.05) is 12.1 Å². The molecule has 1 amide bonds. The summed E-state index contributed by atoms with van der Waals surface area (Å²) in [7, 11) is 0. The van der Waals surface area contributed by atoms with Crippen LogP contribution in [-0.4, -0.2) is 32.0 Å². The van der Waals surface area contributed by atoms with Gasteiger partial charge in [-0.25, -0.2) is 0 Å². The zero-order valence-electron chi connectivity index (χ0n) is 16.7. The van der Waals surface area contributed by atoms with Crippen LogP contribution in [0.2, 0.25) is 0 Å². The minimum absolute atomic E-state index is 0.0542. The van der Waals surface area contributed by atoms with Crippen molar-refractivity contribution in [3.05, 3.63) is 53.4 Å². The van der Waals surface area contributed by atoms with Gasteiger partial charge in [0.1, 0.15) is 0 Å². The largest absolute Gasteiger partial charge is 0.353 e. The molecule has 5 nitrogen and oxygen atoms in total. The summed E-state index contributed by atoms with van der Waals surface area (Å²) in [6, 6.07) is 15.1. The number of thiophene rings is 1. The minimum atomic E-state index is -0.216. The zero-order valence-corrected chi connectivity index (χ0v) is 18.4. The van der Waals surface area contributed by atoms with Gasteiger partial charge in [0.2, 0.25) is 5.91 Å². The van der Waals surface area contributed by atoms with Crippen molar-refractivity contribution in [3.8, 4) is 10.7 Å². The maximum atomic E-state index is 12.7. The predicted octanol–water partition coefficient (Wildman–Crippen LogP) is 4.96. The molecule has 1 fully saturated rings. The highest BCUT2D eigenvalue weighted by Crippen LogP contribution is 2.42. The molecule has 1 aromatic carbocycles. The van der Waals surface area contributed by atoms with Gasteiger partial charge in [-0.3, -0.25) is 9.36 Å². The molecule has 29 heavy (non-hydrogen) atoms. The highest BCUT2D eigenvalue weighted by molar-refractivity contribution is 8.00. The zero-order chi connectivity index (χ0) is 20.2. The van der Waals surface area contributed by atoms with E-state index in [1.54, 1.807) is 11.3 Å². The number of aromatic nitrogens is 3. The van der Waals surface area contributed by atoms with Crippen molar-refractivity contribution in [1.29, 1.82) is 0 Å². The van der Waals surface area contributed by atoms with Crippen molar-refractivity contribution in [1.82, 2.24) is 20.1 Å². The fourth-order valence-electron chi connectivity index (χ4n) is 3.26. The molecule has 0 bridgehead atoms. The standard InChI is InChI=1S/C22H26N4OS2/c1-15(10-11-17-7-4-3-5-8-17)23-21(27)16(2)29-22-25-24-20(19-9-6-14-28-19)26(22)18-12-13-18/h3-9,14-16,18H,10-13H2,1-2H3,(H,23,27)/t15-,16+/m1/s1. The first-order valence-corrected chi connectivity index (χ1v) is 11.9. The van der Waals surface area contributed by atoms with Gasteiger partial charge in [-0.05, 0) is 56.5 Å². The highest BCUT2D eigenvalue weighted by Gasteiger charge is 2.31. The van der Waals surface area contributed by atoms with Crippen LogP contribution in [0.3, 0.4) is 0 Å². The maximum Gasteiger partial charge on any atom is 0.233 e. The lowest BCUT2D eigenvalue weighted by Gasteiger charge is -2.17. The third-order valence-corrected chi connectivity index (χ3v) is 6.99. The maximum absolute atomic E-state index is 12.7. The Kier molecular flexibility index (Phi) is 6.35. The Labute approximate surface area is 179 Å². The van der Waals surface area contributed by atoms with E-state index in [4.69, 9.17) is 0 Å². The van der Waals surface area contributed by atoms with Crippen LogP contribution in [0.25, 0.3) is 10.7 Å². The number of nitrogens with zero attached hydrogens (tertiary/aromatic N) is 3. The van der Waals surface area contributed by atoms with Crippen LogP contribution in [0.5, 0.6) is 0 Å². The van der Waals surface area contributed by atoms with Gasteiger partial charge >= 0.3 is 0 Å². The third-order valence-electron chi connectivity index (χ3n) is 5.07. The SMILES string of the molecule is C[C@H](CCc1ccccc1)NC(=O)[C@H](C)Sc1nnc(-c2cccs2)n1C1CC1. The monoisotopic (exact) mass is 426 g/mol. The number of rotatable bonds is 9. The first-order valence-electron chi connectivity index (χ1n) is 10.1. The first kappa shape index (κ1) is 20.2. The minimum Gasteiger partial charge on any atom is -0.353 e. The number of hydrogen-bond acceptors (Lipinski definition) is 5. The second-order valence-electron chi connectivity index (χ2n) is 7.58. The van der Waals surface area contributed by atoms with Crippen LogP contribution in [-0.2, 0) is 11.2 Å². The molecule has 1 aliphatic carbocycles. The van der Waals surface area contributed by atoms with E-state index in [0.717, 1.165) is 41.5 Å². The summed E-state index contributed by atoms with van der Waals surface area (Å²) in [6.07, 6.45) is 4.19. The van der Waals surface area contributed by atoms with Crippen molar-refractivity contribution < 1.29 is 4.79 Å². The van der Waals surface area contributed by atoms with E-state index in [1.807, 2.05) is 19.1 Å². The first-order chi connectivity index (χ1) is 14.1. The Hall–Kier alpha value is -2.12. The molecule has 3 aromatic rings. The average Bonchev–Trinajstić information content (AvgIpc) is 3.25. The molecule has 1 saturated carbocycles. The van der Waals surface area contributed by atoms with Gasteiger partial charge in [-0.2, -0.15) is 0 Å². The van der Waals surface area contributed by atoms with Crippen LogP contribution >= 0.6 is 23.1 Å². The molecule has 1 aliphatic rings. The Morgan fingerprint density at radius 3 is 2.69 bits per heavy atom. The van der Waals surface area contributed by atoms with E-state index < -0.39 is 0 Å². The van der Waals surface area contributed by atoms with Crippen molar-refractivity contribution in [3.63, 3.8) is 0 Å². The molecule has 1 N–H and O–H groups in total. The molecule has 2 atom stereocenters. The second-order valence-corrected chi connectivity index (χ2v) is 9.83. The van der Waals surface area contributed by atoms with Crippen molar-refractivity contribution >= 4 is 29.0 Å². The van der Waals surface area contributed by atoms with E-state index in [2.05, 4.69) is 62.7 Å². The van der Waals surface area contributed by atoms with Gasteiger partial charge < -0.3 is 5.32 Å². The Bertz CT molecular complexity index is 935. The number of benzene rings is 1. The normalized spacial score (nSPS) is 15.8. The van der Waals surface area contributed by atoms with E-state index in [-0.39, 0.29) is 17.2 Å². The highest BCUT2D eigenvalue weighted by atomic mass is 32.2. The van der Waals surface area contributed by atoms with Crippen molar-refractivity contribution in [2.24, 2.45) is 0 Å². The molecule has 152 valence electrons. The summed E-state index contributed by atoms with van der Waals surface area (Å²) < 4.78 is 2.22. The van der Waals surface area contributed by atoms with Crippen molar-refractivity contribution in [2.45, 2.75) is 62.0 Å². The molecule has 4 rings (SSSR count). The van der Waals surface area contributed by atoms with E-state index >= 15 is 0 Å². The fourth-order valence-corrected chi connectivity index (χ4v) is 4.90. The molecule has 0 aliphatic heterocycles. The molecule has 0 spiro atoms. The van der Waals surface area contributed by atoms with Crippen LogP contribution in [0.15, 0.2) is 53.0 Å². The van der Waals surface area contributed by atoms with E-state index in [9.17, 15) is 4.79 Å². The van der Waals surface area contributed by atoms with Gasteiger partial charge in [0.05, 0.1) is 10.1 Å². The fraction of sp³-hybridized carbons (Fsp3) is 0.409. The lowest BCUT2D eigenvalue weighted by molar-refractivity contribution is -0.120. The number of hydrogen-bond donors (Lipinski definition) is 1. The van der Waals surface area contributed by atoms with E-state index in [1.165, 1.54) is 17.3 Å². The van der Waals surface area contributed by atoms with Crippen LogP contribution in [0.4, 0.5) is 0 Å². The summed E-state index contributed by atoms with van der Waals surface area (Å²) >= 11 is 3.18. The van der Waals surface area contributed by atoms with Gasteiger partial charge in [0.15, 0.2) is 11.0 Å². The molecule has 0 radical (unpaired) electrons. The molecule has 0 unspecified atom stereocenters. The molecule has 2 aromatic heterocycles. The molecule has 7 heteroatoms. The van der Waals surface area contributed by atoms with Crippen molar-refractivity contribution in [2.75, 3.05) is 0 Å². The number of carbonyl (C=O) groups excluding carboxylic acids is 1. The van der Waals surface area contributed by atoms with Crippen LogP contribution in [0, 0.1) is 0 Å². The Morgan fingerprint density at radius 2 is 2.00 bits per heavy atom. The number of carbonyl (C=O) groups is 1. The summed E-state index contributed by atoms with van der Waals surface area (Å²) in [5.41, 5.74) is 1.30. The third kappa shape index (κ3) is 5.08. The second kappa shape index (κ2) is 9.13. The topological polar surface area (TPSA) is 59.8 Å². The summed E-state index contributed by atoms with van der Waals surface area (Å²) in [6.45, 7) is 4.01. The number of amides is 1. The molecular weight excluding hydrogens is 400 g/mol. The van der Waals surface area contributed by atoms with Gasteiger partial charge in [0.25, 0.3) is 0 Å². The quantitative estimate of drug-likeness (QED) is 0.491. The average molecular weight is 427 g/mol. The van der Waals surface area contributed by atoms with Crippen LogP contribution < -0.4 is 5.32 Å². The summed E-state index contributed by atoms with van der Waals surface area (Å²) in [5.74, 6) is 0.979. The lowest BCUT2D eigenvalue weighted by atomic mass is 10.1. The summed E-state index contributed by atoms with van der Waals surface area (Å²) in [4.78, 5) is 13.8. The molecule has 2 heterocycles. The molecular formula is C22H26N4OS2. The van der Waals surface area contributed by atoms with Gasteiger partial charge in [-0.1, -0.05) is 48.2 Å². The van der Waals surface area contributed by atoms with Gasteiger partial charge in [-0.15, -0.1) is 21.5 Å². The molecule has 0 saturated heterocycles. The number of nitrogens with one attached hydrogen (secondary N) is 1. The predicted molar refractivity (Wildman–Crippen MR) is 119 cm³/mol. The van der Waals surface area contributed by atoms with Crippen LogP contribution in [0.1, 0.15) is 44.7 Å². The Balaban J connectivity index is 1.35. The lowest BCUT2D eigenvalue weighted by Crippen LogP contribution is -2.38. The summed E-state index contributed by atoms with van der Waals surface area (Å²) in [5, 5.41) is 14.7. The Morgan fingerprint density at radius 1 is 1.21 bits per heavy atom.